The maximum absolute atomic E-state index is 10.9. The molecule has 1 rings (SSSR count). The van der Waals surface area contributed by atoms with E-state index < -0.39 is 4.92 Å². The normalized spacial score (nSPS) is 11.6. The van der Waals surface area contributed by atoms with Gasteiger partial charge in [0.25, 0.3) is 5.69 Å². The summed E-state index contributed by atoms with van der Waals surface area (Å²) in [5, 5.41) is 14.5. The number of nitrogens with zero attached hydrogens (tertiary/aromatic N) is 1. The molecule has 1 aromatic carbocycles. The Morgan fingerprint density at radius 3 is 2.72 bits per heavy atom. The van der Waals surface area contributed by atoms with Crippen molar-refractivity contribution in [2.45, 2.75) is 25.9 Å². The lowest BCUT2D eigenvalue weighted by atomic mass is 10.1. The van der Waals surface area contributed by atoms with Gasteiger partial charge >= 0.3 is 0 Å². The van der Waals surface area contributed by atoms with Gasteiger partial charge in [0.1, 0.15) is 0 Å². The molecule has 1 aromatic rings. The van der Waals surface area contributed by atoms with Crippen LogP contribution in [0.25, 0.3) is 0 Å². The standard InChI is InChI=1S/C12H17ClN2O3/c1-12(2,8-18-3)14-7-9-4-5-10(13)6-11(9)15(16)17/h4-6,14H,7-8H2,1-3H3. The average molecular weight is 273 g/mol. The zero-order chi connectivity index (χ0) is 13.8. The van der Waals surface area contributed by atoms with Gasteiger partial charge in [0.15, 0.2) is 0 Å². The summed E-state index contributed by atoms with van der Waals surface area (Å²) in [6.07, 6.45) is 0. The molecule has 0 aromatic heterocycles. The minimum absolute atomic E-state index is 0.0308. The zero-order valence-corrected chi connectivity index (χ0v) is 11.5. The van der Waals surface area contributed by atoms with Gasteiger partial charge in [0.05, 0.1) is 11.5 Å². The van der Waals surface area contributed by atoms with Crippen molar-refractivity contribution >= 4 is 17.3 Å². The summed E-state index contributed by atoms with van der Waals surface area (Å²) in [7, 11) is 1.62. The van der Waals surface area contributed by atoms with E-state index >= 15 is 0 Å². The van der Waals surface area contributed by atoms with Crippen LogP contribution in [0.15, 0.2) is 18.2 Å². The van der Waals surface area contributed by atoms with Crippen LogP contribution in [-0.2, 0) is 11.3 Å². The summed E-state index contributed by atoms with van der Waals surface area (Å²) in [4.78, 5) is 10.5. The van der Waals surface area contributed by atoms with Crippen LogP contribution in [0.3, 0.4) is 0 Å². The van der Waals surface area contributed by atoms with Crippen molar-refractivity contribution in [3.8, 4) is 0 Å². The van der Waals surface area contributed by atoms with Crippen molar-refractivity contribution in [1.29, 1.82) is 0 Å². The zero-order valence-electron chi connectivity index (χ0n) is 10.7. The van der Waals surface area contributed by atoms with E-state index in [0.29, 0.717) is 23.7 Å². The summed E-state index contributed by atoms with van der Waals surface area (Å²) < 4.78 is 5.07. The highest BCUT2D eigenvalue weighted by Gasteiger charge is 2.20. The van der Waals surface area contributed by atoms with E-state index in [1.165, 1.54) is 6.07 Å². The Labute approximate surface area is 111 Å². The van der Waals surface area contributed by atoms with Gasteiger partial charge in [-0.2, -0.15) is 0 Å². The Hall–Kier alpha value is -1.17. The van der Waals surface area contributed by atoms with Gasteiger partial charge in [-0.05, 0) is 26.0 Å². The Bertz CT molecular complexity index is 435. The first-order valence-corrected chi connectivity index (χ1v) is 5.90. The molecule has 0 fully saturated rings. The molecule has 0 saturated carbocycles. The molecule has 0 heterocycles. The highest BCUT2D eigenvalue weighted by atomic mass is 35.5. The van der Waals surface area contributed by atoms with Gasteiger partial charge in [-0.25, -0.2) is 0 Å². The number of nitro groups is 1. The maximum Gasteiger partial charge on any atom is 0.275 e. The van der Waals surface area contributed by atoms with Crippen LogP contribution in [0, 0.1) is 10.1 Å². The second-order valence-electron chi connectivity index (χ2n) is 4.70. The smallest absolute Gasteiger partial charge is 0.275 e. The number of hydrogen-bond acceptors (Lipinski definition) is 4. The quantitative estimate of drug-likeness (QED) is 0.639. The molecule has 0 aliphatic carbocycles. The van der Waals surface area contributed by atoms with Crippen LogP contribution >= 0.6 is 11.6 Å². The van der Waals surface area contributed by atoms with E-state index in [-0.39, 0.29) is 11.2 Å². The van der Waals surface area contributed by atoms with E-state index in [9.17, 15) is 10.1 Å². The topological polar surface area (TPSA) is 64.4 Å². The molecule has 0 aliphatic heterocycles. The van der Waals surface area contributed by atoms with Crippen molar-refractivity contribution < 1.29 is 9.66 Å². The number of benzene rings is 1. The number of methoxy groups -OCH3 is 1. The maximum atomic E-state index is 10.9. The molecule has 6 heteroatoms. The third-order valence-corrected chi connectivity index (χ3v) is 2.74. The van der Waals surface area contributed by atoms with Gasteiger partial charge in [-0.3, -0.25) is 10.1 Å². The first-order valence-electron chi connectivity index (χ1n) is 5.52. The number of halogens is 1. The molecule has 0 atom stereocenters. The Balaban J connectivity index is 2.82. The molecule has 0 aliphatic rings. The first kappa shape index (κ1) is 14.9. The molecule has 18 heavy (non-hydrogen) atoms. The number of hydrogen-bond donors (Lipinski definition) is 1. The molecule has 0 radical (unpaired) electrons. The second-order valence-corrected chi connectivity index (χ2v) is 5.14. The van der Waals surface area contributed by atoms with Crippen molar-refractivity contribution in [1.82, 2.24) is 5.32 Å². The molecule has 100 valence electrons. The Morgan fingerprint density at radius 1 is 1.50 bits per heavy atom. The third-order valence-electron chi connectivity index (χ3n) is 2.51. The molecule has 1 N–H and O–H groups in total. The van der Waals surface area contributed by atoms with Crippen LogP contribution in [0.4, 0.5) is 5.69 Å². The summed E-state index contributed by atoms with van der Waals surface area (Å²) in [5.41, 5.74) is 0.388. The van der Waals surface area contributed by atoms with Crippen molar-refractivity contribution in [3.63, 3.8) is 0 Å². The predicted molar refractivity (Wildman–Crippen MR) is 70.9 cm³/mol. The monoisotopic (exact) mass is 272 g/mol. The van der Waals surface area contributed by atoms with Crippen LogP contribution in [0.1, 0.15) is 19.4 Å². The first-order chi connectivity index (χ1) is 8.35. The van der Waals surface area contributed by atoms with Crippen LogP contribution in [0.2, 0.25) is 5.02 Å². The van der Waals surface area contributed by atoms with Gasteiger partial charge in [-0.15, -0.1) is 0 Å². The van der Waals surface area contributed by atoms with Crippen LogP contribution in [0.5, 0.6) is 0 Å². The van der Waals surface area contributed by atoms with E-state index in [0.717, 1.165) is 0 Å². The summed E-state index contributed by atoms with van der Waals surface area (Å²) >= 11 is 5.76. The largest absolute Gasteiger partial charge is 0.383 e. The van der Waals surface area contributed by atoms with Gasteiger partial charge in [0, 0.05) is 35.8 Å². The average Bonchev–Trinajstić information content (AvgIpc) is 2.27. The fraction of sp³-hybridized carbons (Fsp3) is 0.500. The predicted octanol–water partition coefficient (Wildman–Crippen LogP) is 2.76. The Morgan fingerprint density at radius 2 is 2.17 bits per heavy atom. The van der Waals surface area contributed by atoms with E-state index in [1.807, 2.05) is 13.8 Å². The molecule has 5 nitrogen and oxygen atoms in total. The lowest BCUT2D eigenvalue weighted by Gasteiger charge is -2.25. The second kappa shape index (κ2) is 6.13. The minimum Gasteiger partial charge on any atom is -0.383 e. The summed E-state index contributed by atoms with van der Waals surface area (Å²) in [5.74, 6) is 0. The van der Waals surface area contributed by atoms with Gasteiger partial charge < -0.3 is 10.1 Å². The van der Waals surface area contributed by atoms with E-state index in [4.69, 9.17) is 16.3 Å². The SMILES string of the molecule is COCC(C)(C)NCc1ccc(Cl)cc1[N+](=O)[O-]. The molecule has 0 unspecified atom stereocenters. The lowest BCUT2D eigenvalue weighted by Crippen LogP contribution is -2.42. The number of ether oxygens (including phenoxy) is 1. The lowest BCUT2D eigenvalue weighted by molar-refractivity contribution is -0.385. The fourth-order valence-electron chi connectivity index (χ4n) is 1.60. The fourth-order valence-corrected chi connectivity index (χ4v) is 1.77. The molecular formula is C12H17ClN2O3. The van der Waals surface area contributed by atoms with Crippen molar-refractivity contribution in [2.24, 2.45) is 0 Å². The minimum atomic E-state index is -0.424. The molecule has 0 bridgehead atoms. The number of nitrogens with one attached hydrogen (secondary N) is 1. The van der Waals surface area contributed by atoms with Gasteiger partial charge in [-0.1, -0.05) is 11.6 Å². The van der Waals surface area contributed by atoms with Crippen LogP contribution < -0.4 is 5.32 Å². The third kappa shape index (κ3) is 4.25. The highest BCUT2D eigenvalue weighted by molar-refractivity contribution is 6.30. The van der Waals surface area contributed by atoms with Crippen molar-refractivity contribution in [2.75, 3.05) is 13.7 Å². The van der Waals surface area contributed by atoms with Crippen molar-refractivity contribution in [3.05, 3.63) is 38.9 Å². The number of rotatable bonds is 6. The highest BCUT2D eigenvalue weighted by Crippen LogP contribution is 2.23. The molecular weight excluding hydrogens is 256 g/mol. The molecule has 0 saturated heterocycles. The molecule has 0 spiro atoms. The molecule has 0 amide bonds. The summed E-state index contributed by atoms with van der Waals surface area (Å²) in [6, 6.07) is 4.67. The van der Waals surface area contributed by atoms with E-state index in [1.54, 1.807) is 19.2 Å². The number of nitro benzene ring substituents is 1. The van der Waals surface area contributed by atoms with Gasteiger partial charge in [0.2, 0.25) is 0 Å². The van der Waals surface area contributed by atoms with Crippen LogP contribution in [-0.4, -0.2) is 24.2 Å². The van der Waals surface area contributed by atoms with E-state index in [2.05, 4.69) is 5.32 Å². The Kier molecular flexibility index (Phi) is 5.07. The summed E-state index contributed by atoms with van der Waals surface area (Å²) in [6.45, 7) is 4.86.